The molecule has 228 valence electrons. The van der Waals surface area contributed by atoms with Gasteiger partial charge in [0.25, 0.3) is 0 Å². The molecule has 0 bridgehead atoms. The number of carbonyl (C=O) groups is 1. The van der Waals surface area contributed by atoms with E-state index >= 15 is 0 Å². The quantitative estimate of drug-likeness (QED) is 0.225. The van der Waals surface area contributed by atoms with Gasteiger partial charge in [0, 0.05) is 35.0 Å². The molecular formula is C33H30Cl2N2O5S2. The number of hydrogen-bond donors (Lipinski definition) is 0. The third-order valence-electron chi connectivity index (χ3n) is 8.53. The standard InChI is InChI=1S/C33H30Cl2N2O5S2/c1-22-10-14-27(15-11-22)43(39,40)36-21-29-32(19-30(36)24-8-5-9-26(35)18-24)37(44(41,42)28-16-12-25(34)13-17-28)31(20-33(29)38)23-6-3-2-4-7-23/h2-18,29-32H,19-21H2,1H3/t29-,30+,31+,32+/m1/s1. The predicted octanol–water partition coefficient (Wildman–Crippen LogP) is 6.83. The van der Waals surface area contributed by atoms with Crippen LogP contribution in [0.15, 0.2) is 113 Å². The zero-order valence-electron chi connectivity index (χ0n) is 23.8. The molecule has 2 aliphatic rings. The van der Waals surface area contributed by atoms with Gasteiger partial charge < -0.3 is 0 Å². The van der Waals surface area contributed by atoms with E-state index < -0.39 is 44.1 Å². The van der Waals surface area contributed by atoms with Crippen molar-refractivity contribution in [3.63, 3.8) is 0 Å². The van der Waals surface area contributed by atoms with Crippen LogP contribution in [-0.4, -0.2) is 43.8 Å². The molecule has 0 aliphatic carbocycles. The molecule has 0 spiro atoms. The molecule has 44 heavy (non-hydrogen) atoms. The fraction of sp³-hybridized carbons (Fsp3) is 0.242. The highest BCUT2D eigenvalue weighted by molar-refractivity contribution is 7.89. The van der Waals surface area contributed by atoms with Gasteiger partial charge in [-0.2, -0.15) is 8.61 Å². The zero-order chi connectivity index (χ0) is 31.2. The Kier molecular flexibility index (Phi) is 8.47. The van der Waals surface area contributed by atoms with Crippen LogP contribution in [0.25, 0.3) is 0 Å². The maximum absolute atomic E-state index is 14.5. The molecule has 4 atom stereocenters. The smallest absolute Gasteiger partial charge is 0.243 e. The van der Waals surface area contributed by atoms with Crippen molar-refractivity contribution in [3.05, 3.63) is 130 Å². The molecule has 2 fully saturated rings. The van der Waals surface area contributed by atoms with Gasteiger partial charge in [-0.3, -0.25) is 4.79 Å². The second-order valence-corrected chi connectivity index (χ2v) is 15.9. The van der Waals surface area contributed by atoms with Crippen LogP contribution in [0.2, 0.25) is 10.0 Å². The SMILES string of the molecule is Cc1ccc(S(=O)(=O)N2C[C@H]3C(=O)C[C@@H](c4ccccc4)N(S(=O)(=O)c4ccc(Cl)cc4)[C@H]3C[C@H]2c2cccc(Cl)c2)cc1. The Labute approximate surface area is 268 Å². The largest absolute Gasteiger partial charge is 0.299 e. The third kappa shape index (κ3) is 5.73. The average molecular weight is 670 g/mol. The molecule has 0 saturated carbocycles. The van der Waals surface area contributed by atoms with Crippen LogP contribution in [0.5, 0.6) is 0 Å². The number of piperidine rings is 2. The molecule has 0 aromatic heterocycles. The highest BCUT2D eigenvalue weighted by Crippen LogP contribution is 2.48. The highest BCUT2D eigenvalue weighted by Gasteiger charge is 2.54. The Morgan fingerprint density at radius 3 is 1.95 bits per heavy atom. The maximum atomic E-state index is 14.5. The molecule has 0 amide bonds. The number of aryl methyl sites for hydroxylation is 1. The monoisotopic (exact) mass is 668 g/mol. The second-order valence-electron chi connectivity index (χ2n) is 11.3. The molecule has 0 unspecified atom stereocenters. The summed E-state index contributed by atoms with van der Waals surface area (Å²) in [6.45, 7) is 1.70. The summed E-state index contributed by atoms with van der Waals surface area (Å²) in [7, 11) is -8.25. The minimum atomic E-state index is -4.17. The Hall–Kier alpha value is -3.05. The number of benzene rings is 4. The van der Waals surface area contributed by atoms with Crippen LogP contribution < -0.4 is 0 Å². The number of carbonyl (C=O) groups excluding carboxylic acids is 1. The topological polar surface area (TPSA) is 91.8 Å². The fourth-order valence-electron chi connectivity index (χ4n) is 6.36. The van der Waals surface area contributed by atoms with E-state index in [1.165, 1.54) is 32.9 Å². The summed E-state index contributed by atoms with van der Waals surface area (Å²) in [6, 6.07) is 26.1. The zero-order valence-corrected chi connectivity index (χ0v) is 26.9. The van der Waals surface area contributed by atoms with Gasteiger partial charge >= 0.3 is 0 Å². The van der Waals surface area contributed by atoms with Gasteiger partial charge in [-0.25, -0.2) is 16.8 Å². The Morgan fingerprint density at radius 1 is 0.682 bits per heavy atom. The molecule has 7 nitrogen and oxygen atoms in total. The lowest BCUT2D eigenvalue weighted by Gasteiger charge is -2.51. The number of nitrogens with zero attached hydrogens (tertiary/aromatic N) is 2. The number of rotatable bonds is 6. The van der Waals surface area contributed by atoms with Gasteiger partial charge in [-0.15, -0.1) is 0 Å². The van der Waals surface area contributed by atoms with E-state index in [0.29, 0.717) is 21.2 Å². The second kappa shape index (κ2) is 12.0. The van der Waals surface area contributed by atoms with Gasteiger partial charge in [-0.1, -0.05) is 83.4 Å². The van der Waals surface area contributed by atoms with E-state index in [1.54, 1.807) is 48.5 Å². The summed E-state index contributed by atoms with van der Waals surface area (Å²) >= 11 is 12.5. The lowest BCUT2D eigenvalue weighted by atomic mass is 9.77. The first-order valence-corrected chi connectivity index (χ1v) is 17.8. The van der Waals surface area contributed by atoms with Crippen LogP contribution in [0.4, 0.5) is 0 Å². The number of hydrogen-bond acceptors (Lipinski definition) is 5. The van der Waals surface area contributed by atoms with Crippen LogP contribution in [0.3, 0.4) is 0 Å². The number of Topliss-reactive ketones (excluding diaryl/α,β-unsaturated/α-hetero) is 1. The summed E-state index contributed by atoms with van der Waals surface area (Å²) in [5.41, 5.74) is 2.21. The maximum Gasteiger partial charge on any atom is 0.243 e. The number of sulfonamides is 2. The minimum Gasteiger partial charge on any atom is -0.299 e. The van der Waals surface area contributed by atoms with Crippen molar-refractivity contribution in [2.45, 2.75) is 47.7 Å². The van der Waals surface area contributed by atoms with Crippen molar-refractivity contribution in [1.82, 2.24) is 8.61 Å². The molecule has 2 heterocycles. The summed E-state index contributed by atoms with van der Waals surface area (Å²) < 4.78 is 60.2. The highest BCUT2D eigenvalue weighted by atomic mass is 35.5. The van der Waals surface area contributed by atoms with E-state index in [2.05, 4.69) is 0 Å². The molecule has 4 aromatic carbocycles. The van der Waals surface area contributed by atoms with Gasteiger partial charge in [-0.05, 0) is 73.0 Å². The molecule has 0 N–H and O–H groups in total. The molecule has 6 rings (SSSR count). The Balaban J connectivity index is 1.51. The first-order valence-electron chi connectivity index (χ1n) is 14.2. The van der Waals surface area contributed by atoms with E-state index in [9.17, 15) is 21.6 Å². The van der Waals surface area contributed by atoms with Gasteiger partial charge in [0.15, 0.2) is 0 Å². The fourth-order valence-corrected chi connectivity index (χ4v) is 10.2. The summed E-state index contributed by atoms with van der Waals surface area (Å²) in [6.07, 6.45) is -0.0315. The number of fused-ring (bicyclic) bond motifs is 1. The Bertz CT molecular complexity index is 1900. The Morgan fingerprint density at radius 2 is 1.30 bits per heavy atom. The van der Waals surface area contributed by atoms with Crippen molar-refractivity contribution in [3.8, 4) is 0 Å². The van der Waals surface area contributed by atoms with Crippen molar-refractivity contribution >= 4 is 49.0 Å². The molecular weight excluding hydrogens is 639 g/mol. The predicted molar refractivity (Wildman–Crippen MR) is 170 cm³/mol. The van der Waals surface area contributed by atoms with Crippen molar-refractivity contribution in [1.29, 1.82) is 0 Å². The van der Waals surface area contributed by atoms with Crippen LogP contribution in [0, 0.1) is 12.8 Å². The van der Waals surface area contributed by atoms with E-state index in [1.807, 2.05) is 37.3 Å². The van der Waals surface area contributed by atoms with Crippen LogP contribution >= 0.6 is 23.2 Å². The summed E-state index contributed by atoms with van der Waals surface area (Å²) in [5, 5.41) is 0.815. The first-order chi connectivity index (χ1) is 21.0. The lowest BCUT2D eigenvalue weighted by Crippen LogP contribution is -2.60. The molecule has 2 aliphatic heterocycles. The normalized spacial score (nSPS) is 23.3. The summed E-state index contributed by atoms with van der Waals surface area (Å²) in [5.74, 6) is -1.06. The van der Waals surface area contributed by atoms with Gasteiger partial charge in [0.05, 0.1) is 21.9 Å². The number of halogens is 2. The van der Waals surface area contributed by atoms with Crippen LogP contribution in [0.1, 0.15) is 41.6 Å². The van der Waals surface area contributed by atoms with E-state index in [-0.39, 0.29) is 35.0 Å². The molecule has 11 heteroatoms. The van der Waals surface area contributed by atoms with Crippen molar-refractivity contribution in [2.24, 2.45) is 5.92 Å². The minimum absolute atomic E-state index is 0.0462. The number of ketones is 1. The van der Waals surface area contributed by atoms with Crippen LogP contribution in [-0.2, 0) is 24.8 Å². The average Bonchev–Trinajstić information content (AvgIpc) is 3.01. The molecule has 2 saturated heterocycles. The molecule has 0 radical (unpaired) electrons. The molecule has 4 aromatic rings. The van der Waals surface area contributed by atoms with E-state index in [0.717, 1.165) is 5.56 Å². The third-order valence-corrected chi connectivity index (χ3v) is 12.9. The first kappa shape index (κ1) is 31.0. The summed E-state index contributed by atoms with van der Waals surface area (Å²) in [4.78, 5) is 14.1. The lowest BCUT2D eigenvalue weighted by molar-refractivity contribution is -0.132. The van der Waals surface area contributed by atoms with Gasteiger partial charge in [0.2, 0.25) is 20.0 Å². The van der Waals surface area contributed by atoms with Crippen molar-refractivity contribution < 1.29 is 21.6 Å². The van der Waals surface area contributed by atoms with Gasteiger partial charge in [0.1, 0.15) is 5.78 Å². The van der Waals surface area contributed by atoms with Crippen molar-refractivity contribution in [2.75, 3.05) is 6.54 Å². The van der Waals surface area contributed by atoms with E-state index in [4.69, 9.17) is 23.2 Å².